The molecule has 0 radical (unpaired) electrons. The van der Waals surface area contributed by atoms with Gasteiger partial charge in [0.25, 0.3) is 0 Å². The van der Waals surface area contributed by atoms with E-state index in [0.717, 1.165) is 0 Å². The van der Waals surface area contributed by atoms with Gasteiger partial charge in [0, 0.05) is 9.50 Å². The van der Waals surface area contributed by atoms with Gasteiger partial charge in [0.15, 0.2) is 0 Å². The molecule has 10 heteroatoms. The van der Waals surface area contributed by atoms with Crippen molar-refractivity contribution < 1.29 is 27.9 Å². The van der Waals surface area contributed by atoms with E-state index in [0.29, 0.717) is 11.4 Å². The van der Waals surface area contributed by atoms with E-state index in [1.807, 2.05) is 0 Å². The number of rotatable bonds is 3. The average Bonchev–Trinajstić information content (AvgIpc) is 2.32. The van der Waals surface area contributed by atoms with Gasteiger partial charge in [0.05, 0.1) is 5.69 Å². The van der Waals surface area contributed by atoms with Crippen LogP contribution in [0.15, 0.2) is 22.7 Å². The molecular weight excluding hydrogens is 380 g/mol. The van der Waals surface area contributed by atoms with Crippen LogP contribution in [-0.2, 0) is 4.79 Å². The lowest BCUT2D eigenvalue weighted by molar-refractivity contribution is -0.203. The molecule has 1 unspecified atom stereocenters. The van der Waals surface area contributed by atoms with E-state index in [1.165, 1.54) is 23.5 Å². The molecular formula is C11H9BrClF3N2O3. The number of nitrogens with one attached hydrogen (secondary N) is 2. The third kappa shape index (κ3) is 4.01. The number of carboxylic acid groups (broad SMARTS) is 1. The summed E-state index contributed by atoms with van der Waals surface area (Å²) in [5.41, 5.74) is -3.32. The molecule has 0 spiro atoms. The molecule has 0 aromatic heterocycles. The van der Waals surface area contributed by atoms with E-state index in [1.54, 1.807) is 0 Å². The van der Waals surface area contributed by atoms with Crippen LogP contribution in [0.1, 0.15) is 6.92 Å². The lowest BCUT2D eigenvalue weighted by Crippen LogP contribution is -2.62. The highest BCUT2D eigenvalue weighted by Gasteiger charge is 2.58. The largest absolute Gasteiger partial charge is 0.479 e. The van der Waals surface area contributed by atoms with Crippen molar-refractivity contribution in [1.82, 2.24) is 5.32 Å². The second-order valence-corrected chi connectivity index (χ2v) is 5.42. The Morgan fingerprint density at radius 2 is 1.90 bits per heavy atom. The maximum Gasteiger partial charge on any atom is 0.422 e. The third-order valence-electron chi connectivity index (χ3n) is 2.53. The number of hydrogen-bond acceptors (Lipinski definition) is 2. The Morgan fingerprint density at radius 3 is 2.38 bits per heavy atom. The molecule has 1 aromatic rings. The zero-order valence-electron chi connectivity index (χ0n) is 10.4. The van der Waals surface area contributed by atoms with Crippen molar-refractivity contribution in [3.63, 3.8) is 0 Å². The molecule has 116 valence electrons. The number of benzene rings is 1. The highest BCUT2D eigenvalue weighted by atomic mass is 79.9. The van der Waals surface area contributed by atoms with Gasteiger partial charge < -0.3 is 15.7 Å². The minimum Gasteiger partial charge on any atom is -0.479 e. The molecule has 0 saturated carbocycles. The second kappa shape index (κ2) is 6.10. The van der Waals surface area contributed by atoms with Crippen molar-refractivity contribution in [3.05, 3.63) is 27.7 Å². The summed E-state index contributed by atoms with van der Waals surface area (Å²) in [6.07, 6.45) is -5.16. The maximum atomic E-state index is 12.7. The van der Waals surface area contributed by atoms with E-state index >= 15 is 0 Å². The second-order valence-electron chi connectivity index (χ2n) is 4.13. The molecule has 1 rings (SSSR count). The van der Waals surface area contributed by atoms with Gasteiger partial charge in [-0.25, -0.2) is 9.59 Å². The number of aliphatic carboxylic acids is 1. The van der Waals surface area contributed by atoms with Crippen LogP contribution < -0.4 is 10.6 Å². The molecule has 0 aliphatic carbocycles. The van der Waals surface area contributed by atoms with Crippen molar-refractivity contribution in [3.8, 4) is 0 Å². The Labute approximate surface area is 130 Å². The molecule has 0 heterocycles. The van der Waals surface area contributed by atoms with E-state index in [9.17, 15) is 22.8 Å². The summed E-state index contributed by atoms with van der Waals surface area (Å²) in [4.78, 5) is 22.4. The molecule has 5 nitrogen and oxygen atoms in total. The van der Waals surface area contributed by atoms with Crippen LogP contribution in [-0.4, -0.2) is 28.8 Å². The SMILES string of the molecule is CC(NC(=O)Nc1cc(Cl)ccc1Br)(C(=O)O)C(F)(F)F. The summed E-state index contributed by atoms with van der Waals surface area (Å²) in [7, 11) is 0. The fraction of sp³-hybridized carbons (Fsp3) is 0.273. The van der Waals surface area contributed by atoms with Crippen LogP contribution in [0.3, 0.4) is 0 Å². The topological polar surface area (TPSA) is 78.4 Å². The standard InChI is InChI=1S/C11H9BrClF3N2O3/c1-10(8(19)20,11(14,15)16)18-9(21)17-7-4-5(13)2-3-6(7)12/h2-4H,1H3,(H,19,20)(H2,17,18,21). The smallest absolute Gasteiger partial charge is 0.422 e. The summed E-state index contributed by atoms with van der Waals surface area (Å²) >= 11 is 8.76. The van der Waals surface area contributed by atoms with Gasteiger partial charge in [-0.1, -0.05) is 11.6 Å². The van der Waals surface area contributed by atoms with Crippen LogP contribution in [0.25, 0.3) is 0 Å². The molecule has 0 saturated heterocycles. The summed E-state index contributed by atoms with van der Waals surface area (Å²) in [5.74, 6) is -2.23. The van der Waals surface area contributed by atoms with Crippen molar-refractivity contribution in [2.75, 3.05) is 5.32 Å². The Kier molecular flexibility index (Phi) is 5.11. The number of anilines is 1. The average molecular weight is 390 g/mol. The van der Waals surface area contributed by atoms with Crippen LogP contribution >= 0.6 is 27.5 Å². The quantitative estimate of drug-likeness (QED) is 0.739. The van der Waals surface area contributed by atoms with Crippen molar-refractivity contribution in [2.45, 2.75) is 18.6 Å². The summed E-state index contributed by atoms with van der Waals surface area (Å²) in [6.45, 7) is 0.349. The zero-order chi connectivity index (χ0) is 16.4. The number of carbonyl (C=O) groups excluding carboxylic acids is 1. The predicted molar refractivity (Wildman–Crippen MR) is 73.4 cm³/mol. The van der Waals surface area contributed by atoms with Gasteiger partial charge in [-0.05, 0) is 41.1 Å². The molecule has 1 atom stereocenters. The minimum absolute atomic E-state index is 0.0925. The van der Waals surface area contributed by atoms with Crippen molar-refractivity contribution >= 4 is 45.2 Å². The third-order valence-corrected chi connectivity index (χ3v) is 3.46. The Bertz CT molecular complexity index is 582. The van der Waals surface area contributed by atoms with E-state index < -0.39 is 23.7 Å². The predicted octanol–water partition coefficient (Wildman–Crippen LogP) is 3.63. The first-order valence-corrected chi connectivity index (χ1v) is 6.49. The Hall–Kier alpha value is -1.48. The number of carboxylic acids is 1. The summed E-state index contributed by atoms with van der Waals surface area (Å²) in [6, 6.07) is 2.92. The summed E-state index contributed by atoms with van der Waals surface area (Å²) < 4.78 is 38.6. The molecule has 0 aliphatic rings. The minimum atomic E-state index is -5.16. The van der Waals surface area contributed by atoms with Gasteiger partial charge in [-0.15, -0.1) is 0 Å². The number of hydrogen-bond donors (Lipinski definition) is 3. The van der Waals surface area contributed by atoms with Gasteiger partial charge in [-0.2, -0.15) is 13.2 Å². The Balaban J connectivity index is 2.95. The van der Waals surface area contributed by atoms with Gasteiger partial charge >= 0.3 is 18.2 Å². The van der Waals surface area contributed by atoms with Crippen molar-refractivity contribution in [2.24, 2.45) is 0 Å². The van der Waals surface area contributed by atoms with Crippen molar-refractivity contribution in [1.29, 1.82) is 0 Å². The monoisotopic (exact) mass is 388 g/mol. The van der Waals surface area contributed by atoms with Gasteiger partial charge in [0.1, 0.15) is 0 Å². The zero-order valence-corrected chi connectivity index (χ0v) is 12.7. The first kappa shape index (κ1) is 17.6. The van der Waals surface area contributed by atoms with Crippen LogP contribution in [0.4, 0.5) is 23.7 Å². The molecule has 0 bridgehead atoms. The summed E-state index contributed by atoms with van der Waals surface area (Å²) in [5, 5.41) is 12.4. The molecule has 21 heavy (non-hydrogen) atoms. The van der Waals surface area contributed by atoms with Crippen LogP contribution in [0, 0.1) is 0 Å². The molecule has 0 aliphatic heterocycles. The van der Waals surface area contributed by atoms with E-state index in [4.69, 9.17) is 16.7 Å². The van der Waals surface area contributed by atoms with Crippen LogP contribution in [0.5, 0.6) is 0 Å². The van der Waals surface area contributed by atoms with Crippen LogP contribution in [0.2, 0.25) is 5.02 Å². The van der Waals surface area contributed by atoms with E-state index in [2.05, 4.69) is 21.2 Å². The highest BCUT2D eigenvalue weighted by molar-refractivity contribution is 9.10. The Morgan fingerprint density at radius 1 is 1.33 bits per heavy atom. The normalized spacial score (nSPS) is 14.2. The number of urea groups is 1. The van der Waals surface area contributed by atoms with Gasteiger partial charge in [-0.3, -0.25) is 0 Å². The first-order valence-electron chi connectivity index (χ1n) is 5.31. The lowest BCUT2D eigenvalue weighted by atomic mass is 10.0. The fourth-order valence-electron chi connectivity index (χ4n) is 1.22. The number of halogens is 5. The number of amides is 2. The first-order chi connectivity index (χ1) is 9.47. The maximum absolute atomic E-state index is 12.7. The van der Waals surface area contributed by atoms with Gasteiger partial charge in [0.2, 0.25) is 5.54 Å². The number of carbonyl (C=O) groups is 2. The molecule has 1 aromatic carbocycles. The fourth-order valence-corrected chi connectivity index (χ4v) is 1.74. The number of alkyl halides is 3. The highest BCUT2D eigenvalue weighted by Crippen LogP contribution is 2.31. The molecule has 0 fully saturated rings. The molecule has 3 N–H and O–H groups in total. The van der Waals surface area contributed by atoms with E-state index in [-0.39, 0.29) is 10.7 Å². The lowest BCUT2D eigenvalue weighted by Gasteiger charge is -2.28. The molecule has 2 amide bonds.